The third-order valence-electron chi connectivity index (χ3n) is 1.78. The summed E-state index contributed by atoms with van der Waals surface area (Å²) in [5, 5.41) is 0.933. The van der Waals surface area contributed by atoms with Crippen molar-refractivity contribution >= 4 is 17.0 Å². The zero-order valence-electron chi connectivity index (χ0n) is 6.69. The summed E-state index contributed by atoms with van der Waals surface area (Å²) in [5.41, 5.74) is 0. The van der Waals surface area contributed by atoms with Gasteiger partial charge in [-0.2, -0.15) is 0 Å². The van der Waals surface area contributed by atoms with Crippen molar-refractivity contribution in [1.29, 1.82) is 0 Å². The molecule has 0 bridgehead atoms. The summed E-state index contributed by atoms with van der Waals surface area (Å²) in [6.07, 6.45) is 6.08. The van der Waals surface area contributed by atoms with E-state index in [-0.39, 0.29) is 9.88 Å². The first-order chi connectivity index (χ1) is 3.48. The van der Waals surface area contributed by atoms with Crippen molar-refractivity contribution in [3.63, 3.8) is 0 Å². The van der Waals surface area contributed by atoms with Crippen LogP contribution in [-0.2, 0) is 0 Å². The van der Waals surface area contributed by atoms with E-state index in [1.807, 2.05) is 0 Å². The van der Waals surface area contributed by atoms with Gasteiger partial charge in [0.1, 0.15) is 0 Å². The van der Waals surface area contributed by atoms with Gasteiger partial charge in [-0.1, -0.05) is 13.8 Å². The summed E-state index contributed by atoms with van der Waals surface area (Å²) >= 11 is 0. The van der Waals surface area contributed by atoms with Gasteiger partial charge in [0.05, 0.1) is 0 Å². The van der Waals surface area contributed by atoms with Gasteiger partial charge in [0.15, 0.2) is 7.12 Å². The molecule has 0 aliphatic carbocycles. The molecule has 0 radical (unpaired) electrons. The lowest BCUT2D eigenvalue weighted by molar-refractivity contribution is 0.901. The van der Waals surface area contributed by atoms with Crippen molar-refractivity contribution in [3.8, 4) is 0 Å². The Morgan fingerprint density at radius 3 is 1.88 bits per heavy atom. The first-order valence-electron chi connectivity index (χ1n) is 3.15. The Hall–Kier alpha value is 0.415. The molecule has 0 unspecified atom stereocenters. The molecular weight excluding hydrogens is 115 g/mol. The average molecular weight is 132 g/mol. The molecule has 0 rings (SSSR count). The maximum Gasteiger partial charge on any atom is 0.153 e. The molecule has 0 N–H and O–H groups in total. The highest BCUT2D eigenvalue weighted by Crippen LogP contribution is 2.40. The fourth-order valence-corrected chi connectivity index (χ4v) is 1.50. The molecule has 2 heteroatoms. The van der Waals surface area contributed by atoms with E-state index in [0.29, 0.717) is 0 Å². The van der Waals surface area contributed by atoms with Crippen LogP contribution in [0.3, 0.4) is 0 Å². The van der Waals surface area contributed by atoms with E-state index >= 15 is 0 Å². The van der Waals surface area contributed by atoms with Gasteiger partial charge in [0, 0.05) is 0 Å². The molecule has 0 aliphatic rings. The lowest BCUT2D eigenvalue weighted by Crippen LogP contribution is -2.10. The van der Waals surface area contributed by atoms with Crippen LogP contribution in [0.25, 0.3) is 0 Å². The molecule has 0 saturated heterocycles. The summed E-state index contributed by atoms with van der Waals surface area (Å²) in [4.78, 5) is 0. The zero-order valence-corrected chi connectivity index (χ0v) is 7.51. The first-order valence-corrected chi connectivity index (χ1v) is 6.07. The fraction of sp³-hybridized carbons (Fsp3) is 1.00. The van der Waals surface area contributed by atoms with Crippen LogP contribution >= 0.6 is 9.88 Å². The molecule has 0 aromatic heterocycles. The Morgan fingerprint density at radius 1 is 1.50 bits per heavy atom. The molecule has 50 valence electrons. The van der Waals surface area contributed by atoms with Crippen molar-refractivity contribution in [2.45, 2.75) is 25.5 Å². The SMILES string of the molecule is BS(C)(C)[C@H](C)CC. The fourth-order valence-electron chi connectivity index (χ4n) is 0.500. The minimum Gasteiger partial charge on any atom is -0.280 e. The van der Waals surface area contributed by atoms with Crippen LogP contribution in [0.4, 0.5) is 0 Å². The van der Waals surface area contributed by atoms with Crippen molar-refractivity contribution in [2.75, 3.05) is 12.5 Å². The second kappa shape index (κ2) is 2.81. The van der Waals surface area contributed by atoms with E-state index in [0.717, 1.165) is 5.25 Å². The number of rotatable bonds is 2. The molecule has 0 aromatic carbocycles. The molecule has 0 spiro atoms. The van der Waals surface area contributed by atoms with Crippen molar-refractivity contribution in [1.82, 2.24) is 0 Å². The first kappa shape index (κ1) is 8.41. The Labute approximate surface area is 55.7 Å². The predicted octanol–water partition coefficient (Wildman–Crippen LogP) is 1.40. The molecule has 0 fully saturated rings. The Bertz CT molecular complexity index is 65.4. The molecule has 0 aromatic rings. The highest BCUT2D eigenvalue weighted by molar-refractivity contribution is 8.49. The maximum absolute atomic E-state index is 2.38. The van der Waals surface area contributed by atoms with Crippen LogP contribution in [0.5, 0.6) is 0 Å². The van der Waals surface area contributed by atoms with Gasteiger partial charge in [-0.05, 0) is 24.2 Å². The van der Waals surface area contributed by atoms with Crippen LogP contribution in [-0.4, -0.2) is 24.9 Å². The molecule has 0 aliphatic heterocycles. The van der Waals surface area contributed by atoms with Gasteiger partial charge in [-0.15, -0.1) is 0 Å². The molecule has 0 amide bonds. The van der Waals surface area contributed by atoms with Crippen LogP contribution < -0.4 is 0 Å². The van der Waals surface area contributed by atoms with Crippen LogP contribution in [0.2, 0.25) is 0 Å². The Morgan fingerprint density at radius 2 is 1.88 bits per heavy atom. The minimum atomic E-state index is -0.253. The van der Waals surface area contributed by atoms with E-state index in [2.05, 4.69) is 33.5 Å². The van der Waals surface area contributed by atoms with E-state index < -0.39 is 0 Å². The number of hydrogen-bond donors (Lipinski definition) is 0. The van der Waals surface area contributed by atoms with E-state index in [4.69, 9.17) is 0 Å². The van der Waals surface area contributed by atoms with Crippen molar-refractivity contribution < 1.29 is 0 Å². The lowest BCUT2D eigenvalue weighted by Gasteiger charge is -2.32. The van der Waals surface area contributed by atoms with Gasteiger partial charge < -0.3 is 0 Å². The Balaban J connectivity index is 3.62. The van der Waals surface area contributed by atoms with Gasteiger partial charge in [-0.3, -0.25) is 9.88 Å². The summed E-state index contributed by atoms with van der Waals surface area (Å²) in [6, 6.07) is 0. The van der Waals surface area contributed by atoms with Crippen LogP contribution in [0, 0.1) is 0 Å². The topological polar surface area (TPSA) is 0 Å². The summed E-state index contributed by atoms with van der Waals surface area (Å²) in [7, 11) is 2.12. The van der Waals surface area contributed by atoms with Crippen LogP contribution in [0.1, 0.15) is 20.3 Å². The largest absolute Gasteiger partial charge is 0.280 e. The third kappa shape index (κ3) is 2.66. The predicted molar refractivity (Wildman–Crippen MR) is 47.7 cm³/mol. The Kier molecular flexibility index (Phi) is 2.96. The smallest absolute Gasteiger partial charge is 0.153 e. The minimum absolute atomic E-state index is 0.253. The second-order valence-electron chi connectivity index (χ2n) is 3.15. The van der Waals surface area contributed by atoms with Gasteiger partial charge in [0.2, 0.25) is 0 Å². The normalized spacial score (nSPS) is 18.0. The summed E-state index contributed by atoms with van der Waals surface area (Å²) in [6.45, 7) is 4.61. The van der Waals surface area contributed by atoms with Gasteiger partial charge in [-0.25, -0.2) is 0 Å². The molecular formula is C6H17BS. The highest BCUT2D eigenvalue weighted by Gasteiger charge is 2.11. The molecule has 0 saturated carbocycles. The van der Waals surface area contributed by atoms with E-state index in [1.54, 1.807) is 0 Å². The van der Waals surface area contributed by atoms with Crippen molar-refractivity contribution in [2.24, 2.45) is 0 Å². The maximum atomic E-state index is 2.38. The van der Waals surface area contributed by atoms with E-state index in [1.165, 1.54) is 6.42 Å². The summed E-state index contributed by atoms with van der Waals surface area (Å²) < 4.78 is 0. The third-order valence-corrected chi connectivity index (χ3v) is 4.53. The average Bonchev–Trinajstić information content (AvgIpc) is 1.62. The highest BCUT2D eigenvalue weighted by atomic mass is 32.3. The molecule has 0 nitrogen and oxygen atoms in total. The second-order valence-corrected chi connectivity index (χ2v) is 7.82. The molecule has 0 heterocycles. The number of hydrogen-bond acceptors (Lipinski definition) is 0. The van der Waals surface area contributed by atoms with Crippen molar-refractivity contribution in [3.05, 3.63) is 0 Å². The van der Waals surface area contributed by atoms with E-state index in [9.17, 15) is 0 Å². The quantitative estimate of drug-likeness (QED) is 0.498. The molecule has 1 atom stereocenters. The standard InChI is InChI=1S/C6H17BS/c1-5-6(2)8(3,4)7/h6H,5,7H2,1-4H3/t6-/m1/s1. The molecule has 8 heavy (non-hydrogen) atoms. The van der Waals surface area contributed by atoms with Gasteiger partial charge >= 0.3 is 0 Å². The summed E-state index contributed by atoms with van der Waals surface area (Å²) in [5.74, 6) is 0. The van der Waals surface area contributed by atoms with Gasteiger partial charge in [0.25, 0.3) is 0 Å². The zero-order chi connectivity index (χ0) is 6.78. The monoisotopic (exact) mass is 132 g/mol. The van der Waals surface area contributed by atoms with Crippen LogP contribution in [0.15, 0.2) is 0 Å². The lowest BCUT2D eigenvalue weighted by atomic mass is 10.4.